The van der Waals surface area contributed by atoms with E-state index < -0.39 is 0 Å². The van der Waals surface area contributed by atoms with Crippen molar-refractivity contribution in [3.63, 3.8) is 0 Å². The standard InChI is InChI=1S/C14H25N3O2/c15-6-5-11-3-1-4-12(9-11)14(19)17-8-2-7-16-13(18)10-17/h11-12H,1-10,15H2,(H,16,18). The molecule has 2 atom stereocenters. The van der Waals surface area contributed by atoms with Crippen LogP contribution in [0.25, 0.3) is 0 Å². The fraction of sp³-hybridized carbons (Fsp3) is 0.857. The molecule has 0 aromatic rings. The topological polar surface area (TPSA) is 75.4 Å². The van der Waals surface area contributed by atoms with Gasteiger partial charge in [0.15, 0.2) is 0 Å². The zero-order valence-corrected chi connectivity index (χ0v) is 11.6. The minimum atomic E-state index is -0.0276. The summed E-state index contributed by atoms with van der Waals surface area (Å²) in [4.78, 5) is 25.8. The van der Waals surface area contributed by atoms with E-state index in [4.69, 9.17) is 5.73 Å². The number of carbonyl (C=O) groups excluding carboxylic acids is 2. The molecule has 0 radical (unpaired) electrons. The van der Waals surface area contributed by atoms with E-state index in [0.29, 0.717) is 25.6 Å². The number of nitrogens with one attached hydrogen (secondary N) is 1. The average Bonchev–Trinajstić information content (AvgIpc) is 2.63. The van der Waals surface area contributed by atoms with Crippen LogP contribution in [0, 0.1) is 11.8 Å². The molecule has 2 rings (SSSR count). The Kier molecular flexibility index (Phi) is 5.19. The van der Waals surface area contributed by atoms with Crippen molar-refractivity contribution in [1.82, 2.24) is 10.2 Å². The highest BCUT2D eigenvalue weighted by Crippen LogP contribution is 2.32. The molecule has 5 heteroatoms. The van der Waals surface area contributed by atoms with Gasteiger partial charge in [-0.25, -0.2) is 0 Å². The maximum Gasteiger partial charge on any atom is 0.239 e. The Bertz CT molecular complexity index is 331. The van der Waals surface area contributed by atoms with Crippen LogP contribution in [-0.2, 0) is 9.59 Å². The van der Waals surface area contributed by atoms with Crippen molar-refractivity contribution < 1.29 is 9.59 Å². The molecule has 0 aromatic heterocycles. The number of rotatable bonds is 3. The predicted molar refractivity (Wildman–Crippen MR) is 73.3 cm³/mol. The fourth-order valence-electron chi connectivity index (χ4n) is 3.27. The maximum absolute atomic E-state index is 12.5. The van der Waals surface area contributed by atoms with Crippen molar-refractivity contribution in [3.05, 3.63) is 0 Å². The Hall–Kier alpha value is -1.10. The molecule has 2 unspecified atom stereocenters. The number of amides is 2. The molecule has 2 amide bonds. The minimum Gasteiger partial charge on any atom is -0.354 e. The van der Waals surface area contributed by atoms with E-state index in [9.17, 15) is 9.59 Å². The predicted octanol–water partition coefficient (Wildman–Crippen LogP) is 0.490. The van der Waals surface area contributed by atoms with Gasteiger partial charge in [-0.1, -0.05) is 12.8 Å². The largest absolute Gasteiger partial charge is 0.354 e. The van der Waals surface area contributed by atoms with Crippen LogP contribution in [0.3, 0.4) is 0 Å². The highest BCUT2D eigenvalue weighted by molar-refractivity contribution is 5.86. The molecule has 0 aromatic carbocycles. The molecular formula is C14H25N3O2. The quantitative estimate of drug-likeness (QED) is 0.781. The molecule has 108 valence electrons. The van der Waals surface area contributed by atoms with Crippen LogP contribution in [0.2, 0.25) is 0 Å². The Morgan fingerprint density at radius 2 is 2.21 bits per heavy atom. The summed E-state index contributed by atoms with van der Waals surface area (Å²) in [6.07, 6.45) is 6.11. The summed E-state index contributed by atoms with van der Waals surface area (Å²) in [6.45, 7) is 2.33. The summed E-state index contributed by atoms with van der Waals surface area (Å²) in [5, 5.41) is 2.81. The van der Waals surface area contributed by atoms with Crippen LogP contribution in [0.1, 0.15) is 38.5 Å². The van der Waals surface area contributed by atoms with Crippen molar-refractivity contribution in [2.75, 3.05) is 26.2 Å². The zero-order valence-electron chi connectivity index (χ0n) is 11.6. The van der Waals surface area contributed by atoms with Crippen molar-refractivity contribution in [1.29, 1.82) is 0 Å². The third-order valence-corrected chi connectivity index (χ3v) is 4.28. The highest BCUT2D eigenvalue weighted by atomic mass is 16.2. The van der Waals surface area contributed by atoms with Crippen LogP contribution >= 0.6 is 0 Å². The van der Waals surface area contributed by atoms with Gasteiger partial charge in [-0.3, -0.25) is 9.59 Å². The Morgan fingerprint density at radius 3 is 3.00 bits per heavy atom. The molecule has 1 heterocycles. The second-order valence-corrected chi connectivity index (χ2v) is 5.77. The molecule has 1 saturated carbocycles. The van der Waals surface area contributed by atoms with Crippen molar-refractivity contribution in [3.8, 4) is 0 Å². The van der Waals surface area contributed by atoms with E-state index in [0.717, 1.165) is 32.1 Å². The van der Waals surface area contributed by atoms with Gasteiger partial charge < -0.3 is 16.0 Å². The summed E-state index contributed by atoms with van der Waals surface area (Å²) in [5.74, 6) is 0.851. The highest BCUT2D eigenvalue weighted by Gasteiger charge is 2.31. The van der Waals surface area contributed by atoms with Crippen molar-refractivity contribution in [2.45, 2.75) is 38.5 Å². The van der Waals surface area contributed by atoms with Gasteiger partial charge in [0.05, 0.1) is 6.54 Å². The molecule has 1 aliphatic heterocycles. The number of nitrogens with two attached hydrogens (primary N) is 1. The van der Waals surface area contributed by atoms with E-state index in [1.54, 1.807) is 4.90 Å². The molecule has 5 nitrogen and oxygen atoms in total. The van der Waals surface area contributed by atoms with E-state index in [1.807, 2.05) is 0 Å². The van der Waals surface area contributed by atoms with Gasteiger partial charge in [0.1, 0.15) is 0 Å². The molecule has 0 bridgehead atoms. The number of nitrogens with zero attached hydrogens (tertiary/aromatic N) is 1. The van der Waals surface area contributed by atoms with Crippen LogP contribution in [-0.4, -0.2) is 42.9 Å². The van der Waals surface area contributed by atoms with E-state index in [1.165, 1.54) is 6.42 Å². The Morgan fingerprint density at radius 1 is 1.37 bits per heavy atom. The van der Waals surface area contributed by atoms with Gasteiger partial charge in [0, 0.05) is 19.0 Å². The average molecular weight is 267 g/mol. The summed E-state index contributed by atoms with van der Waals surface area (Å²) in [5.41, 5.74) is 5.61. The number of hydrogen-bond donors (Lipinski definition) is 2. The van der Waals surface area contributed by atoms with Gasteiger partial charge in [-0.05, 0) is 38.1 Å². The van der Waals surface area contributed by atoms with Gasteiger partial charge in [-0.15, -0.1) is 0 Å². The zero-order chi connectivity index (χ0) is 13.7. The van der Waals surface area contributed by atoms with Crippen LogP contribution in [0.4, 0.5) is 0 Å². The Labute approximate surface area is 114 Å². The summed E-state index contributed by atoms with van der Waals surface area (Å²) in [6, 6.07) is 0. The first kappa shape index (κ1) is 14.3. The van der Waals surface area contributed by atoms with Gasteiger partial charge in [-0.2, -0.15) is 0 Å². The molecule has 19 heavy (non-hydrogen) atoms. The molecule has 2 aliphatic rings. The fourth-order valence-corrected chi connectivity index (χ4v) is 3.27. The molecule has 1 aliphatic carbocycles. The third-order valence-electron chi connectivity index (χ3n) is 4.28. The first-order valence-electron chi connectivity index (χ1n) is 7.46. The smallest absolute Gasteiger partial charge is 0.239 e. The third kappa shape index (κ3) is 3.93. The number of hydrogen-bond acceptors (Lipinski definition) is 3. The monoisotopic (exact) mass is 267 g/mol. The number of carbonyl (C=O) groups is 2. The lowest BCUT2D eigenvalue weighted by molar-refractivity contribution is -0.140. The molecule has 3 N–H and O–H groups in total. The normalized spacial score (nSPS) is 28.7. The molecular weight excluding hydrogens is 242 g/mol. The first-order chi connectivity index (χ1) is 9.20. The van der Waals surface area contributed by atoms with E-state index >= 15 is 0 Å². The summed E-state index contributed by atoms with van der Waals surface area (Å²) < 4.78 is 0. The lowest BCUT2D eigenvalue weighted by Crippen LogP contribution is -2.42. The summed E-state index contributed by atoms with van der Waals surface area (Å²) >= 11 is 0. The van der Waals surface area contributed by atoms with Crippen molar-refractivity contribution in [2.24, 2.45) is 17.6 Å². The van der Waals surface area contributed by atoms with Gasteiger partial charge in [0.2, 0.25) is 11.8 Å². The SMILES string of the molecule is NCCC1CCCC(C(=O)N2CCCNC(=O)C2)C1. The van der Waals surface area contributed by atoms with Gasteiger partial charge >= 0.3 is 0 Å². The minimum absolute atomic E-state index is 0.0276. The second kappa shape index (κ2) is 6.89. The van der Waals surface area contributed by atoms with Gasteiger partial charge in [0.25, 0.3) is 0 Å². The molecule has 0 spiro atoms. The second-order valence-electron chi connectivity index (χ2n) is 5.77. The lowest BCUT2D eigenvalue weighted by atomic mass is 9.79. The summed E-state index contributed by atoms with van der Waals surface area (Å²) in [7, 11) is 0. The molecule has 1 saturated heterocycles. The van der Waals surface area contributed by atoms with Crippen molar-refractivity contribution >= 4 is 11.8 Å². The van der Waals surface area contributed by atoms with E-state index in [-0.39, 0.29) is 24.3 Å². The van der Waals surface area contributed by atoms with Crippen LogP contribution in [0.5, 0.6) is 0 Å². The first-order valence-corrected chi connectivity index (χ1v) is 7.46. The molecule has 2 fully saturated rings. The maximum atomic E-state index is 12.5. The Balaban J connectivity index is 1.92. The van der Waals surface area contributed by atoms with Crippen LogP contribution in [0.15, 0.2) is 0 Å². The van der Waals surface area contributed by atoms with E-state index in [2.05, 4.69) is 5.32 Å². The lowest BCUT2D eigenvalue weighted by Gasteiger charge is -2.31. The van der Waals surface area contributed by atoms with Crippen LogP contribution < -0.4 is 11.1 Å².